The van der Waals surface area contributed by atoms with Gasteiger partial charge in [0, 0.05) is 6.04 Å². The monoisotopic (exact) mass is 297 g/mol. The molecule has 0 atom stereocenters. The van der Waals surface area contributed by atoms with E-state index in [1.165, 1.54) is 0 Å². The Kier molecular flexibility index (Phi) is 3.52. The van der Waals surface area contributed by atoms with E-state index in [0.717, 1.165) is 5.56 Å². The molecule has 0 spiro atoms. The van der Waals surface area contributed by atoms with Gasteiger partial charge < -0.3 is 5.11 Å². The van der Waals surface area contributed by atoms with Crippen LogP contribution in [0.4, 0.5) is 0 Å². The van der Waals surface area contributed by atoms with Crippen LogP contribution in [0.1, 0.15) is 38.8 Å². The fraction of sp³-hybridized carbons (Fsp3) is 0.600. The number of hydrogen-bond donors (Lipinski definition) is 2. The first-order valence-corrected chi connectivity index (χ1v) is 8.25. The molecule has 112 valence electrons. The smallest absolute Gasteiger partial charge is 0.240 e. The van der Waals surface area contributed by atoms with Crippen molar-refractivity contribution in [1.29, 1.82) is 0 Å². The molecular formula is C15H23NO3S. The second kappa shape index (κ2) is 4.55. The van der Waals surface area contributed by atoms with Crippen LogP contribution in [0.15, 0.2) is 23.1 Å². The zero-order chi connectivity index (χ0) is 15.3. The molecule has 2 rings (SSSR count). The minimum Gasteiger partial charge on any atom is -0.392 e. The first kappa shape index (κ1) is 15.5. The van der Waals surface area contributed by atoms with E-state index in [9.17, 15) is 13.5 Å². The van der Waals surface area contributed by atoms with Gasteiger partial charge in [-0.2, -0.15) is 0 Å². The van der Waals surface area contributed by atoms with Crippen LogP contribution in [0.5, 0.6) is 0 Å². The molecule has 1 aromatic carbocycles. The minimum atomic E-state index is -3.55. The molecule has 1 aliphatic rings. The van der Waals surface area contributed by atoms with Crippen molar-refractivity contribution in [2.75, 3.05) is 0 Å². The largest absolute Gasteiger partial charge is 0.392 e. The maximum absolute atomic E-state index is 12.4. The van der Waals surface area contributed by atoms with Crippen molar-refractivity contribution in [1.82, 2.24) is 4.72 Å². The van der Waals surface area contributed by atoms with Crippen LogP contribution in [-0.2, 0) is 16.6 Å². The van der Waals surface area contributed by atoms with Crippen LogP contribution >= 0.6 is 0 Å². The third-order valence-electron chi connectivity index (χ3n) is 5.09. The summed E-state index contributed by atoms with van der Waals surface area (Å²) < 4.78 is 27.7. The van der Waals surface area contributed by atoms with Gasteiger partial charge in [-0.3, -0.25) is 0 Å². The molecule has 0 radical (unpaired) electrons. The summed E-state index contributed by atoms with van der Waals surface area (Å²) in [7, 11) is -3.55. The van der Waals surface area contributed by atoms with Crippen LogP contribution in [0.25, 0.3) is 0 Å². The maximum atomic E-state index is 12.4. The Hall–Kier alpha value is -0.910. The molecule has 0 saturated heterocycles. The molecule has 1 aliphatic carbocycles. The minimum absolute atomic E-state index is 0.0510. The standard InChI is InChI=1S/C15H23NO3S/c1-10-6-7-12(8-11(10)9-17)20(18,19)16-13-14(2,3)15(13,4)5/h6-8,13,16-17H,9H2,1-5H3. The molecule has 2 N–H and O–H groups in total. The highest BCUT2D eigenvalue weighted by Crippen LogP contribution is 2.62. The van der Waals surface area contributed by atoms with E-state index in [-0.39, 0.29) is 28.4 Å². The summed E-state index contributed by atoms with van der Waals surface area (Å²) in [4.78, 5) is 0.214. The van der Waals surface area contributed by atoms with Gasteiger partial charge in [0.1, 0.15) is 0 Å². The third-order valence-corrected chi connectivity index (χ3v) is 6.52. The Bertz CT molecular complexity index is 619. The highest BCUT2D eigenvalue weighted by atomic mass is 32.2. The SMILES string of the molecule is Cc1ccc(S(=O)(=O)NC2C(C)(C)C2(C)C)cc1CO. The van der Waals surface area contributed by atoms with Crippen LogP contribution in [0.3, 0.4) is 0 Å². The summed E-state index contributed by atoms with van der Waals surface area (Å²) in [6.07, 6.45) is 0. The normalized spacial score (nSPS) is 20.9. The van der Waals surface area contributed by atoms with Gasteiger partial charge in [-0.05, 0) is 41.0 Å². The lowest BCUT2D eigenvalue weighted by atomic mass is 10.0. The van der Waals surface area contributed by atoms with Crippen molar-refractivity contribution in [3.05, 3.63) is 29.3 Å². The Morgan fingerprint density at radius 3 is 2.20 bits per heavy atom. The highest BCUT2D eigenvalue weighted by Gasteiger charge is 2.66. The van der Waals surface area contributed by atoms with Crippen LogP contribution < -0.4 is 4.72 Å². The number of aliphatic hydroxyl groups excluding tert-OH is 1. The fourth-order valence-corrected chi connectivity index (χ4v) is 4.28. The van der Waals surface area contributed by atoms with Crippen molar-refractivity contribution >= 4 is 10.0 Å². The van der Waals surface area contributed by atoms with E-state index < -0.39 is 10.0 Å². The Balaban J connectivity index is 2.29. The maximum Gasteiger partial charge on any atom is 0.240 e. The summed E-state index contributed by atoms with van der Waals surface area (Å²) in [5.74, 6) is 0. The predicted octanol–water partition coefficient (Wildman–Crippen LogP) is 2.20. The first-order valence-electron chi connectivity index (χ1n) is 6.77. The molecule has 0 heterocycles. The van der Waals surface area contributed by atoms with Crippen LogP contribution in [0, 0.1) is 17.8 Å². The number of rotatable bonds is 4. The van der Waals surface area contributed by atoms with Gasteiger partial charge in [0.05, 0.1) is 11.5 Å². The molecule has 0 aromatic heterocycles. The second-order valence-electron chi connectivity index (χ2n) is 6.74. The Labute approximate surface area is 121 Å². The summed E-state index contributed by atoms with van der Waals surface area (Å²) in [6, 6.07) is 4.78. The lowest BCUT2D eigenvalue weighted by molar-refractivity contribution is 0.280. The molecule has 4 nitrogen and oxygen atoms in total. The van der Waals surface area contributed by atoms with Gasteiger partial charge in [0.25, 0.3) is 0 Å². The van der Waals surface area contributed by atoms with Crippen molar-refractivity contribution < 1.29 is 13.5 Å². The predicted molar refractivity (Wildman–Crippen MR) is 78.8 cm³/mol. The van der Waals surface area contributed by atoms with Gasteiger partial charge in [-0.15, -0.1) is 0 Å². The number of aliphatic hydroxyl groups is 1. The summed E-state index contributed by atoms with van der Waals surface area (Å²) in [5, 5.41) is 9.25. The molecule has 1 saturated carbocycles. The van der Waals surface area contributed by atoms with E-state index in [1.54, 1.807) is 18.2 Å². The van der Waals surface area contributed by atoms with Crippen molar-refractivity contribution in [3.8, 4) is 0 Å². The zero-order valence-corrected chi connectivity index (χ0v) is 13.5. The molecule has 5 heteroatoms. The van der Waals surface area contributed by atoms with Gasteiger partial charge in [-0.25, -0.2) is 13.1 Å². The average Bonchev–Trinajstić information content (AvgIpc) is 2.71. The zero-order valence-electron chi connectivity index (χ0n) is 12.7. The van der Waals surface area contributed by atoms with E-state index in [2.05, 4.69) is 32.4 Å². The molecule has 20 heavy (non-hydrogen) atoms. The average molecular weight is 297 g/mol. The molecular weight excluding hydrogens is 274 g/mol. The lowest BCUT2D eigenvalue weighted by Crippen LogP contribution is -2.30. The number of sulfonamides is 1. The van der Waals surface area contributed by atoms with Crippen molar-refractivity contribution in [2.45, 2.75) is 52.2 Å². The van der Waals surface area contributed by atoms with Crippen LogP contribution in [-0.4, -0.2) is 19.6 Å². The number of hydrogen-bond acceptors (Lipinski definition) is 3. The van der Waals surface area contributed by atoms with E-state index in [0.29, 0.717) is 5.56 Å². The highest BCUT2D eigenvalue weighted by molar-refractivity contribution is 7.89. The lowest BCUT2D eigenvalue weighted by Gasteiger charge is -2.10. The number of aryl methyl sites for hydroxylation is 1. The molecule has 0 bridgehead atoms. The second-order valence-corrected chi connectivity index (χ2v) is 8.46. The topological polar surface area (TPSA) is 66.4 Å². The van der Waals surface area contributed by atoms with Gasteiger partial charge in [0.15, 0.2) is 0 Å². The summed E-state index contributed by atoms with van der Waals surface area (Å²) >= 11 is 0. The van der Waals surface area contributed by atoms with Crippen molar-refractivity contribution in [3.63, 3.8) is 0 Å². The molecule has 0 aliphatic heterocycles. The van der Waals surface area contributed by atoms with Gasteiger partial charge in [0.2, 0.25) is 10.0 Å². The van der Waals surface area contributed by atoms with E-state index >= 15 is 0 Å². The Morgan fingerprint density at radius 2 is 1.75 bits per heavy atom. The number of nitrogens with one attached hydrogen (secondary N) is 1. The quantitative estimate of drug-likeness (QED) is 0.895. The fourth-order valence-electron chi connectivity index (χ4n) is 2.70. The summed E-state index contributed by atoms with van der Waals surface area (Å²) in [5.41, 5.74) is 1.43. The van der Waals surface area contributed by atoms with Crippen LogP contribution in [0.2, 0.25) is 0 Å². The third kappa shape index (κ3) is 2.28. The molecule has 1 fully saturated rings. The van der Waals surface area contributed by atoms with E-state index in [1.807, 2.05) is 6.92 Å². The summed E-state index contributed by atoms with van der Waals surface area (Å²) in [6.45, 7) is 9.95. The van der Waals surface area contributed by atoms with E-state index in [4.69, 9.17) is 0 Å². The molecule has 1 aromatic rings. The molecule has 0 unspecified atom stereocenters. The van der Waals surface area contributed by atoms with Gasteiger partial charge >= 0.3 is 0 Å². The number of benzene rings is 1. The Morgan fingerprint density at radius 1 is 1.20 bits per heavy atom. The molecule has 0 amide bonds. The van der Waals surface area contributed by atoms with Gasteiger partial charge in [-0.1, -0.05) is 33.8 Å². The van der Waals surface area contributed by atoms with Crippen molar-refractivity contribution in [2.24, 2.45) is 10.8 Å². The first-order chi connectivity index (χ1) is 9.04.